The second kappa shape index (κ2) is 8.42. The number of benzene rings is 1. The van der Waals surface area contributed by atoms with Gasteiger partial charge in [0, 0.05) is 13.2 Å². The van der Waals surface area contributed by atoms with Gasteiger partial charge >= 0.3 is 12.1 Å². The predicted molar refractivity (Wildman–Crippen MR) is 89.5 cm³/mol. The number of nitrogens with one attached hydrogen (secondary N) is 1. The monoisotopic (exact) mass is 326 g/mol. The van der Waals surface area contributed by atoms with Gasteiger partial charge < -0.3 is 15.0 Å². The first-order valence-electron chi connectivity index (χ1n) is 7.35. The van der Waals surface area contributed by atoms with E-state index in [0.717, 1.165) is 4.90 Å². The molecule has 0 bridgehead atoms. The number of urea groups is 2. The second-order valence-corrected chi connectivity index (χ2v) is 4.98. The molecule has 0 aliphatic carbocycles. The van der Waals surface area contributed by atoms with Crippen LogP contribution in [-0.4, -0.2) is 41.8 Å². The van der Waals surface area contributed by atoms with Crippen molar-refractivity contribution in [3.05, 3.63) is 60.4 Å². The molecule has 0 saturated heterocycles. The van der Waals surface area contributed by atoms with Crippen LogP contribution in [0, 0.1) is 0 Å². The third-order valence-corrected chi connectivity index (χ3v) is 3.20. The van der Waals surface area contributed by atoms with Crippen LogP contribution in [0.25, 0.3) is 0 Å². The average Bonchev–Trinajstić information content (AvgIpc) is 2.61. The number of carbonyl (C=O) groups is 3. The number of nitrogens with zero attached hydrogens (tertiary/aromatic N) is 3. The zero-order valence-electron chi connectivity index (χ0n) is 13.3. The van der Waals surface area contributed by atoms with Gasteiger partial charge in [0.05, 0.1) is 24.5 Å². The highest BCUT2D eigenvalue weighted by Crippen LogP contribution is 2.16. The van der Waals surface area contributed by atoms with E-state index < -0.39 is 12.1 Å². The number of aldehydes is 1. The standard InChI is InChI=1S/C17H18N4O3/c1-20(13-14-7-5-6-10-18-14)17(24)21(16(23)19-11-12-22)15-8-3-2-4-9-15/h2-10,12H,11,13H2,1H3,(H,19,23). The highest BCUT2D eigenvalue weighted by molar-refractivity contribution is 6.13. The number of hydrogen-bond acceptors (Lipinski definition) is 4. The lowest BCUT2D eigenvalue weighted by Gasteiger charge is -2.26. The van der Waals surface area contributed by atoms with Crippen molar-refractivity contribution in [3.8, 4) is 0 Å². The Morgan fingerprint density at radius 2 is 1.83 bits per heavy atom. The lowest BCUT2D eigenvalue weighted by molar-refractivity contribution is -0.107. The van der Waals surface area contributed by atoms with Gasteiger partial charge in [0.15, 0.2) is 0 Å². The van der Waals surface area contributed by atoms with Gasteiger partial charge in [-0.25, -0.2) is 14.5 Å². The SMILES string of the molecule is CN(Cc1ccccn1)C(=O)N(C(=O)NCC=O)c1ccccc1. The number of para-hydroxylation sites is 1. The maximum Gasteiger partial charge on any atom is 0.332 e. The Morgan fingerprint density at radius 1 is 1.12 bits per heavy atom. The van der Waals surface area contributed by atoms with E-state index in [1.165, 1.54) is 4.90 Å². The van der Waals surface area contributed by atoms with Crippen molar-refractivity contribution in [3.63, 3.8) is 0 Å². The lowest BCUT2D eigenvalue weighted by atomic mass is 10.3. The molecule has 7 heteroatoms. The van der Waals surface area contributed by atoms with E-state index in [-0.39, 0.29) is 13.1 Å². The van der Waals surface area contributed by atoms with Crippen molar-refractivity contribution in [2.24, 2.45) is 0 Å². The number of amides is 4. The number of anilines is 1. The number of carbonyl (C=O) groups excluding carboxylic acids is 3. The molecule has 1 heterocycles. The molecule has 2 aromatic rings. The molecule has 1 N–H and O–H groups in total. The molecule has 1 aromatic heterocycles. The number of aromatic nitrogens is 1. The van der Waals surface area contributed by atoms with Crippen molar-refractivity contribution in [1.29, 1.82) is 0 Å². The van der Waals surface area contributed by atoms with Crippen LogP contribution in [-0.2, 0) is 11.3 Å². The molecule has 2 rings (SSSR count). The number of rotatable bonds is 5. The minimum Gasteiger partial charge on any atom is -0.330 e. The molecule has 0 radical (unpaired) electrons. The third-order valence-electron chi connectivity index (χ3n) is 3.20. The highest BCUT2D eigenvalue weighted by atomic mass is 16.2. The maximum atomic E-state index is 12.7. The van der Waals surface area contributed by atoms with Crippen molar-refractivity contribution in [2.45, 2.75) is 6.54 Å². The molecule has 24 heavy (non-hydrogen) atoms. The molecule has 4 amide bonds. The zero-order valence-corrected chi connectivity index (χ0v) is 13.3. The summed E-state index contributed by atoms with van der Waals surface area (Å²) < 4.78 is 0. The molecule has 0 fully saturated rings. The van der Waals surface area contributed by atoms with Gasteiger partial charge in [0.25, 0.3) is 0 Å². The van der Waals surface area contributed by atoms with Crippen molar-refractivity contribution >= 4 is 24.0 Å². The summed E-state index contributed by atoms with van der Waals surface area (Å²) in [6.45, 7) is 0.0867. The van der Waals surface area contributed by atoms with Crippen LogP contribution >= 0.6 is 0 Å². The van der Waals surface area contributed by atoms with Gasteiger partial charge in [-0.2, -0.15) is 0 Å². The summed E-state index contributed by atoms with van der Waals surface area (Å²) in [6.07, 6.45) is 2.20. The molecular weight excluding hydrogens is 308 g/mol. The van der Waals surface area contributed by atoms with Crippen LogP contribution in [0.4, 0.5) is 15.3 Å². The summed E-state index contributed by atoms with van der Waals surface area (Å²) in [5.41, 5.74) is 1.12. The summed E-state index contributed by atoms with van der Waals surface area (Å²) >= 11 is 0. The first-order valence-corrected chi connectivity index (χ1v) is 7.35. The lowest BCUT2D eigenvalue weighted by Crippen LogP contribution is -2.49. The summed E-state index contributed by atoms with van der Waals surface area (Å²) in [5.74, 6) is 0. The highest BCUT2D eigenvalue weighted by Gasteiger charge is 2.26. The van der Waals surface area contributed by atoms with E-state index in [2.05, 4.69) is 10.3 Å². The fourth-order valence-corrected chi connectivity index (χ4v) is 2.07. The molecule has 7 nitrogen and oxygen atoms in total. The van der Waals surface area contributed by atoms with Gasteiger partial charge in [0.2, 0.25) is 0 Å². The molecule has 1 aromatic carbocycles. The molecule has 0 unspecified atom stereocenters. The second-order valence-electron chi connectivity index (χ2n) is 4.98. The number of pyridine rings is 1. The molecule has 0 saturated carbocycles. The summed E-state index contributed by atoms with van der Waals surface area (Å²) in [6, 6.07) is 12.8. The van der Waals surface area contributed by atoms with Crippen molar-refractivity contribution in [1.82, 2.24) is 15.2 Å². The Hall–Kier alpha value is -3.22. The van der Waals surface area contributed by atoms with Gasteiger partial charge in [-0.1, -0.05) is 24.3 Å². The van der Waals surface area contributed by atoms with Crippen molar-refractivity contribution in [2.75, 3.05) is 18.5 Å². The van der Waals surface area contributed by atoms with E-state index >= 15 is 0 Å². The van der Waals surface area contributed by atoms with Crippen LogP contribution in [0.5, 0.6) is 0 Å². The first kappa shape index (κ1) is 17.1. The van der Waals surface area contributed by atoms with Crippen molar-refractivity contribution < 1.29 is 14.4 Å². The minimum atomic E-state index is -0.661. The van der Waals surface area contributed by atoms with E-state index in [1.807, 2.05) is 6.07 Å². The zero-order chi connectivity index (χ0) is 17.4. The normalized spacial score (nSPS) is 9.88. The number of hydrogen-bond donors (Lipinski definition) is 1. The van der Waals surface area contributed by atoms with Gasteiger partial charge in [-0.3, -0.25) is 4.98 Å². The predicted octanol–water partition coefficient (Wildman–Crippen LogP) is 2.05. The first-order chi connectivity index (χ1) is 11.6. The number of imide groups is 1. The topological polar surface area (TPSA) is 82.6 Å². The molecule has 0 spiro atoms. The van der Waals surface area contributed by atoms with Crippen LogP contribution in [0.1, 0.15) is 5.69 Å². The largest absolute Gasteiger partial charge is 0.332 e. The molecule has 0 aliphatic heterocycles. The Kier molecular flexibility index (Phi) is 6.01. The summed E-state index contributed by atoms with van der Waals surface area (Å²) in [4.78, 5) is 42.0. The smallest absolute Gasteiger partial charge is 0.330 e. The average molecular weight is 326 g/mol. The third kappa shape index (κ3) is 4.39. The fraction of sp³-hybridized carbons (Fsp3) is 0.176. The molecular formula is C17H18N4O3. The van der Waals surface area contributed by atoms with E-state index in [9.17, 15) is 14.4 Å². The Bertz CT molecular complexity index is 691. The van der Waals surface area contributed by atoms with Gasteiger partial charge in [0.1, 0.15) is 6.29 Å². The van der Waals surface area contributed by atoms with Crippen LogP contribution in [0.2, 0.25) is 0 Å². The summed E-state index contributed by atoms with van der Waals surface area (Å²) in [5, 5.41) is 2.39. The molecule has 124 valence electrons. The van der Waals surface area contributed by atoms with Crippen LogP contribution in [0.15, 0.2) is 54.7 Å². The molecule has 0 aliphatic rings. The van der Waals surface area contributed by atoms with E-state index in [4.69, 9.17) is 0 Å². The Labute approximate surface area is 139 Å². The van der Waals surface area contributed by atoms with Crippen LogP contribution in [0.3, 0.4) is 0 Å². The van der Waals surface area contributed by atoms with Gasteiger partial charge in [-0.05, 0) is 24.3 Å². The quantitative estimate of drug-likeness (QED) is 0.853. The molecule has 0 atom stereocenters. The Balaban J connectivity index is 2.20. The maximum absolute atomic E-state index is 12.7. The van der Waals surface area contributed by atoms with Crippen LogP contribution < -0.4 is 10.2 Å². The van der Waals surface area contributed by atoms with E-state index in [1.54, 1.807) is 55.7 Å². The minimum absolute atomic E-state index is 0.167. The Morgan fingerprint density at radius 3 is 2.46 bits per heavy atom. The fourth-order valence-electron chi connectivity index (χ4n) is 2.07. The summed E-state index contributed by atoms with van der Waals surface area (Å²) in [7, 11) is 1.58. The van der Waals surface area contributed by atoms with Gasteiger partial charge in [-0.15, -0.1) is 0 Å². The van der Waals surface area contributed by atoms with E-state index in [0.29, 0.717) is 17.7 Å².